The van der Waals surface area contributed by atoms with E-state index in [1.165, 1.54) is 108 Å². The molecule has 3 heteroatoms. The molecule has 0 amide bonds. The zero-order valence-corrected chi connectivity index (χ0v) is 43.0. The van der Waals surface area contributed by atoms with Gasteiger partial charge in [-0.3, -0.25) is 0 Å². The maximum atomic E-state index is 2.49. The molecular weight excluding hydrogens is 937 g/mol. The van der Waals surface area contributed by atoms with Gasteiger partial charge < -0.3 is 9.80 Å². The van der Waals surface area contributed by atoms with Gasteiger partial charge >= 0.3 is 0 Å². The highest BCUT2D eigenvalue weighted by Gasteiger charge is 2.37. The quantitative estimate of drug-likeness (QED) is 0.140. The van der Waals surface area contributed by atoms with Crippen LogP contribution in [0.3, 0.4) is 0 Å². The van der Waals surface area contributed by atoms with Crippen LogP contribution < -0.4 is 9.80 Å². The topological polar surface area (TPSA) is 6.48 Å². The third kappa shape index (κ3) is 7.00. The molecule has 0 unspecified atom stereocenters. The molecule has 0 aliphatic heterocycles. The van der Waals surface area contributed by atoms with Gasteiger partial charge in [0.1, 0.15) is 0 Å². The first-order valence-corrected chi connectivity index (χ1v) is 27.1. The van der Waals surface area contributed by atoms with Crippen molar-refractivity contribution in [2.75, 3.05) is 9.80 Å². The molecule has 14 aromatic rings. The summed E-state index contributed by atoms with van der Waals surface area (Å²) in [6.07, 6.45) is 0. The maximum Gasteiger partial charge on any atom is 0.0540 e. The molecule has 0 radical (unpaired) electrons. The summed E-state index contributed by atoms with van der Waals surface area (Å²) in [5.41, 5.74) is 16.5. The molecule has 0 N–H and O–H groups in total. The molecule has 2 nitrogen and oxygen atoms in total. The molecule has 13 aromatic carbocycles. The van der Waals surface area contributed by atoms with E-state index in [9.17, 15) is 0 Å². The largest absolute Gasteiger partial charge is 0.310 e. The van der Waals surface area contributed by atoms with Crippen molar-refractivity contribution >= 4 is 109 Å². The van der Waals surface area contributed by atoms with Gasteiger partial charge in [0.05, 0.1) is 5.69 Å². The Hall–Kier alpha value is -9.28. The number of fused-ring (bicyclic) bond motifs is 13. The number of anilines is 6. The fourth-order valence-electron chi connectivity index (χ4n) is 12.5. The van der Waals surface area contributed by atoms with Crippen molar-refractivity contribution in [1.82, 2.24) is 0 Å². The number of benzene rings is 13. The van der Waals surface area contributed by atoms with E-state index in [2.05, 4.69) is 291 Å². The maximum absolute atomic E-state index is 2.49. The first-order chi connectivity index (χ1) is 37.4. The van der Waals surface area contributed by atoms with Gasteiger partial charge in [-0.1, -0.05) is 190 Å². The van der Waals surface area contributed by atoms with Crippen molar-refractivity contribution in [3.63, 3.8) is 0 Å². The van der Waals surface area contributed by atoms with Crippen LogP contribution in [0.25, 0.3) is 96.6 Å². The summed E-state index contributed by atoms with van der Waals surface area (Å²) in [4.78, 5) is 4.86. The van der Waals surface area contributed by atoms with Crippen LogP contribution in [-0.2, 0) is 5.41 Å². The normalized spacial score (nSPS) is 12.7. The molecule has 0 fully saturated rings. The van der Waals surface area contributed by atoms with E-state index < -0.39 is 0 Å². The number of thiophene rings is 1. The van der Waals surface area contributed by atoms with Crippen LogP contribution in [0.5, 0.6) is 0 Å². The first kappa shape index (κ1) is 44.2. The van der Waals surface area contributed by atoms with Gasteiger partial charge in [0.15, 0.2) is 0 Å². The van der Waals surface area contributed by atoms with Crippen LogP contribution in [0.2, 0.25) is 0 Å². The van der Waals surface area contributed by atoms with Crippen LogP contribution in [0.1, 0.15) is 25.0 Å². The summed E-state index contributed by atoms with van der Waals surface area (Å²) in [7, 11) is 0. The number of para-hydroxylation sites is 2. The Kier molecular flexibility index (Phi) is 10.1. The zero-order valence-electron chi connectivity index (χ0n) is 42.2. The standard InChI is InChI=1S/C73H50N2S/c1-73(2)68-45-53(74(50-17-5-3-6-18-50)51-19-7-4-8-20-51)35-38-62(68)63-39-36-54(46-69(63)73)75(70-41-40-55(56-21-13-14-26-64(56)70)49-32-42-72-67(44-49)65-27-15-16-28-71(65)76-72)52-33-29-47(30-34-52)48-31-37-61-59-24-10-9-22-57(59)58-23-11-12-25-60(58)66(61)43-48/h3-46H,1-2H3. The van der Waals surface area contributed by atoms with Gasteiger partial charge in [-0.15, -0.1) is 11.3 Å². The second kappa shape index (κ2) is 17.4. The molecule has 1 aliphatic rings. The summed E-state index contributed by atoms with van der Waals surface area (Å²) in [5.74, 6) is 0. The van der Waals surface area contributed by atoms with Crippen molar-refractivity contribution in [3.05, 3.63) is 278 Å². The van der Waals surface area contributed by atoms with E-state index in [4.69, 9.17) is 0 Å². The summed E-state index contributed by atoms with van der Waals surface area (Å²) >= 11 is 1.87. The van der Waals surface area contributed by atoms with E-state index in [0.29, 0.717) is 0 Å². The third-order valence-electron chi connectivity index (χ3n) is 16.2. The molecule has 15 rings (SSSR count). The molecule has 0 saturated carbocycles. The van der Waals surface area contributed by atoms with E-state index in [1.807, 2.05) is 11.3 Å². The molecule has 1 heterocycles. The van der Waals surface area contributed by atoms with Crippen molar-refractivity contribution in [2.45, 2.75) is 19.3 Å². The predicted octanol–water partition coefficient (Wildman–Crippen LogP) is 21.2. The lowest BCUT2D eigenvalue weighted by atomic mass is 9.82. The van der Waals surface area contributed by atoms with E-state index in [1.54, 1.807) is 0 Å². The highest BCUT2D eigenvalue weighted by Crippen LogP contribution is 2.53. The Morgan fingerprint density at radius 1 is 0.263 bits per heavy atom. The minimum absolute atomic E-state index is 0.284. The highest BCUT2D eigenvalue weighted by molar-refractivity contribution is 7.25. The SMILES string of the molecule is CC1(C)c2cc(N(c3ccccc3)c3ccccc3)ccc2-c2ccc(N(c3ccc(-c4ccc5c6ccccc6c6ccccc6c5c4)cc3)c3ccc(-c4ccc5sc6ccccc6c5c4)c4ccccc34)cc21. The fraction of sp³-hybridized carbons (Fsp3) is 0.0411. The van der Waals surface area contributed by atoms with Crippen molar-refractivity contribution in [2.24, 2.45) is 0 Å². The smallest absolute Gasteiger partial charge is 0.0540 e. The van der Waals surface area contributed by atoms with Crippen LogP contribution in [0, 0.1) is 0 Å². The van der Waals surface area contributed by atoms with E-state index in [-0.39, 0.29) is 5.41 Å². The summed E-state index contributed by atoms with van der Waals surface area (Å²) in [5, 5.41) is 12.7. The molecule has 0 atom stereocenters. The Bertz CT molecular complexity index is 4530. The van der Waals surface area contributed by atoms with E-state index in [0.717, 1.165) is 34.1 Å². The lowest BCUT2D eigenvalue weighted by molar-refractivity contribution is 0.660. The second-order valence-corrected chi connectivity index (χ2v) is 21.9. The summed E-state index contributed by atoms with van der Waals surface area (Å²) < 4.78 is 2.63. The van der Waals surface area contributed by atoms with Crippen molar-refractivity contribution in [1.29, 1.82) is 0 Å². The molecule has 76 heavy (non-hydrogen) atoms. The predicted molar refractivity (Wildman–Crippen MR) is 327 cm³/mol. The lowest BCUT2D eigenvalue weighted by Crippen LogP contribution is -2.17. The second-order valence-electron chi connectivity index (χ2n) is 20.8. The lowest BCUT2D eigenvalue weighted by Gasteiger charge is -2.30. The minimum atomic E-state index is -0.284. The number of rotatable bonds is 8. The number of nitrogens with zero attached hydrogens (tertiary/aromatic N) is 2. The van der Waals surface area contributed by atoms with E-state index >= 15 is 0 Å². The van der Waals surface area contributed by atoms with Crippen LogP contribution in [-0.4, -0.2) is 0 Å². The molecule has 358 valence electrons. The summed E-state index contributed by atoms with van der Waals surface area (Å²) in [6.45, 7) is 4.79. The molecule has 0 bridgehead atoms. The van der Waals surface area contributed by atoms with Gasteiger partial charge in [0.25, 0.3) is 0 Å². The molecule has 0 saturated heterocycles. The highest BCUT2D eigenvalue weighted by atomic mass is 32.1. The van der Waals surface area contributed by atoms with Gasteiger partial charge in [-0.2, -0.15) is 0 Å². The minimum Gasteiger partial charge on any atom is -0.310 e. The Morgan fingerprint density at radius 3 is 1.33 bits per heavy atom. The van der Waals surface area contributed by atoms with Gasteiger partial charge in [-0.25, -0.2) is 0 Å². The monoisotopic (exact) mass is 986 g/mol. The van der Waals surface area contributed by atoms with Gasteiger partial charge in [0.2, 0.25) is 0 Å². The van der Waals surface area contributed by atoms with Crippen LogP contribution in [0.4, 0.5) is 34.1 Å². The number of hydrogen-bond donors (Lipinski definition) is 0. The molecule has 0 spiro atoms. The first-order valence-electron chi connectivity index (χ1n) is 26.3. The Balaban J connectivity index is 0.876. The molecular formula is C73H50N2S. The third-order valence-corrected chi connectivity index (χ3v) is 17.4. The average Bonchev–Trinajstić information content (AvgIpc) is 3.96. The van der Waals surface area contributed by atoms with Crippen molar-refractivity contribution < 1.29 is 0 Å². The fourth-order valence-corrected chi connectivity index (χ4v) is 13.6. The Labute approximate surface area is 446 Å². The zero-order chi connectivity index (χ0) is 50.5. The van der Waals surface area contributed by atoms with Crippen LogP contribution >= 0.6 is 11.3 Å². The summed E-state index contributed by atoms with van der Waals surface area (Å²) in [6, 6.07) is 99.0. The molecule has 1 aromatic heterocycles. The molecule has 1 aliphatic carbocycles. The van der Waals surface area contributed by atoms with Gasteiger partial charge in [0, 0.05) is 59.4 Å². The Morgan fingerprint density at radius 2 is 0.697 bits per heavy atom. The van der Waals surface area contributed by atoms with Gasteiger partial charge in [-0.05, 0) is 173 Å². The van der Waals surface area contributed by atoms with Crippen LogP contribution in [0.15, 0.2) is 267 Å². The average molecular weight is 987 g/mol. The number of hydrogen-bond acceptors (Lipinski definition) is 3. The van der Waals surface area contributed by atoms with Crippen molar-refractivity contribution in [3.8, 4) is 33.4 Å².